The first-order valence-electron chi connectivity index (χ1n) is 2.77. The minimum absolute atomic E-state index is 0. The Hall–Kier alpha value is 1.38. The van der Waals surface area contributed by atoms with E-state index in [-0.39, 0.29) is 48.0 Å². The maximum Gasteiger partial charge on any atom is 0.00764 e. The van der Waals surface area contributed by atoms with Gasteiger partial charge >= 0.3 is 0 Å². The van der Waals surface area contributed by atoms with E-state index in [0.717, 1.165) is 19.6 Å². The van der Waals surface area contributed by atoms with Crippen molar-refractivity contribution in [2.24, 2.45) is 0 Å². The summed E-state index contributed by atoms with van der Waals surface area (Å²) in [5.41, 5.74) is 0. The molecule has 9 heavy (non-hydrogen) atoms. The van der Waals surface area contributed by atoms with Crippen LogP contribution in [0.3, 0.4) is 0 Å². The molecule has 0 heterocycles. The van der Waals surface area contributed by atoms with Crippen molar-refractivity contribution in [3.05, 3.63) is 0 Å². The van der Waals surface area contributed by atoms with Gasteiger partial charge < -0.3 is 10.6 Å². The van der Waals surface area contributed by atoms with Crippen LogP contribution in [-0.2, 0) is 0 Å². The lowest BCUT2D eigenvalue weighted by atomic mass is 10.6. The smallest absolute Gasteiger partial charge is 0.00764 e. The van der Waals surface area contributed by atoms with Crippen molar-refractivity contribution in [3.63, 3.8) is 0 Å². The molecule has 0 aromatic rings. The first-order chi connectivity index (χ1) is 3.41. The van der Waals surface area contributed by atoms with Crippen molar-refractivity contribution in [2.75, 3.05) is 26.7 Å². The maximum atomic E-state index is 3.19. The number of likely N-dealkylation sites (N-methyl/N-ethyl adjacent to an activating group) is 2. The van der Waals surface area contributed by atoms with Crippen molar-refractivity contribution in [2.45, 2.75) is 6.92 Å². The third-order valence-corrected chi connectivity index (χ3v) is 0.802. The summed E-state index contributed by atoms with van der Waals surface area (Å²) >= 11 is 0. The lowest BCUT2D eigenvalue weighted by Gasteiger charge is -1.96. The molecule has 2 nitrogen and oxygen atoms in total. The van der Waals surface area contributed by atoms with Crippen LogP contribution in [0.5, 0.6) is 0 Å². The van der Waals surface area contributed by atoms with Gasteiger partial charge in [-0.15, -0.1) is 48.0 Å². The molecule has 0 aromatic carbocycles. The average molecular weight is 358 g/mol. The van der Waals surface area contributed by atoms with Gasteiger partial charge in [0.1, 0.15) is 0 Å². The van der Waals surface area contributed by atoms with Crippen LogP contribution in [0.2, 0.25) is 0 Å². The van der Waals surface area contributed by atoms with E-state index in [1.165, 1.54) is 0 Å². The van der Waals surface area contributed by atoms with E-state index in [4.69, 9.17) is 0 Å². The van der Waals surface area contributed by atoms with Gasteiger partial charge in [0.25, 0.3) is 0 Å². The van der Waals surface area contributed by atoms with Gasteiger partial charge in [0.2, 0.25) is 0 Å². The highest BCUT2D eigenvalue weighted by molar-refractivity contribution is 14.0. The molecule has 4 heteroatoms. The molecule has 0 aromatic heterocycles. The van der Waals surface area contributed by atoms with Crippen molar-refractivity contribution < 1.29 is 0 Å². The third kappa shape index (κ3) is 17.7. The van der Waals surface area contributed by atoms with Crippen molar-refractivity contribution in [1.29, 1.82) is 0 Å². The van der Waals surface area contributed by atoms with E-state index in [0.29, 0.717) is 0 Å². The number of rotatable bonds is 4. The summed E-state index contributed by atoms with van der Waals surface area (Å²) in [6.07, 6.45) is 0. The number of hydrogen-bond donors (Lipinski definition) is 2. The molecule has 0 spiro atoms. The number of nitrogens with one attached hydrogen (secondary N) is 2. The second-order valence-corrected chi connectivity index (χ2v) is 1.46. The normalized spacial score (nSPS) is 7.33. The zero-order valence-corrected chi connectivity index (χ0v) is 10.6. The molecule has 0 aliphatic rings. The van der Waals surface area contributed by atoms with Gasteiger partial charge in [0.05, 0.1) is 0 Å². The summed E-state index contributed by atoms with van der Waals surface area (Å²) in [6, 6.07) is 0. The monoisotopic (exact) mass is 358 g/mol. The van der Waals surface area contributed by atoms with Crippen molar-refractivity contribution >= 4 is 48.0 Å². The predicted octanol–water partition coefficient (Wildman–Crippen LogP) is 1.05. The standard InChI is InChI=1S/C5H14N2.2HI/c1-3-7-5-4-6-2;;/h6-7H,3-5H2,1-2H3;2*1H. The fraction of sp³-hybridized carbons (Fsp3) is 1.00. The van der Waals surface area contributed by atoms with Gasteiger partial charge in [-0.25, -0.2) is 0 Å². The van der Waals surface area contributed by atoms with Gasteiger partial charge in [-0.2, -0.15) is 0 Å². The Balaban J connectivity index is -0.000000180. The Morgan fingerprint density at radius 2 is 1.67 bits per heavy atom. The molecule has 0 saturated heterocycles. The molecule has 0 amide bonds. The highest BCUT2D eigenvalue weighted by atomic mass is 127. The van der Waals surface area contributed by atoms with Crippen LogP contribution in [-0.4, -0.2) is 26.7 Å². The van der Waals surface area contributed by atoms with Crippen LogP contribution in [0, 0.1) is 0 Å². The minimum Gasteiger partial charge on any atom is -0.318 e. The maximum absolute atomic E-state index is 3.19. The van der Waals surface area contributed by atoms with E-state index in [9.17, 15) is 0 Å². The molecule has 0 saturated carbocycles. The molecule has 60 valence electrons. The summed E-state index contributed by atoms with van der Waals surface area (Å²) in [7, 11) is 1.96. The summed E-state index contributed by atoms with van der Waals surface area (Å²) in [4.78, 5) is 0. The molecule has 0 aliphatic heterocycles. The van der Waals surface area contributed by atoms with E-state index in [1.54, 1.807) is 0 Å². The summed E-state index contributed by atoms with van der Waals surface area (Å²) < 4.78 is 0. The van der Waals surface area contributed by atoms with E-state index >= 15 is 0 Å². The molecule has 0 rings (SSSR count). The fourth-order valence-electron chi connectivity index (χ4n) is 0.390. The first kappa shape index (κ1) is 16.8. The molecule has 0 fully saturated rings. The lowest BCUT2D eigenvalue weighted by molar-refractivity contribution is 0.672. The van der Waals surface area contributed by atoms with Gasteiger partial charge in [0.15, 0.2) is 0 Å². The lowest BCUT2D eigenvalue weighted by Crippen LogP contribution is -2.24. The molecule has 0 aliphatic carbocycles. The third-order valence-electron chi connectivity index (χ3n) is 0.802. The Bertz CT molecular complexity index is 32.1. The van der Waals surface area contributed by atoms with E-state index in [1.807, 2.05) is 7.05 Å². The number of hydrogen-bond acceptors (Lipinski definition) is 2. The molecular formula is C5H16I2N2. The average Bonchev–Trinajstić information content (AvgIpc) is 1.69. The quantitative estimate of drug-likeness (QED) is 0.580. The fourth-order valence-corrected chi connectivity index (χ4v) is 0.390. The molecular weight excluding hydrogens is 342 g/mol. The summed E-state index contributed by atoms with van der Waals surface area (Å²) in [6.45, 7) is 5.32. The largest absolute Gasteiger partial charge is 0.318 e. The SMILES string of the molecule is CCNCCNC.I.I. The molecule has 2 N–H and O–H groups in total. The number of halogens is 2. The van der Waals surface area contributed by atoms with Crippen LogP contribution in [0.15, 0.2) is 0 Å². The van der Waals surface area contributed by atoms with E-state index in [2.05, 4.69) is 17.6 Å². The molecule has 0 bridgehead atoms. The molecule has 0 unspecified atom stereocenters. The highest BCUT2D eigenvalue weighted by Crippen LogP contribution is 1.52. The molecule has 0 radical (unpaired) electrons. The van der Waals surface area contributed by atoms with Crippen molar-refractivity contribution in [3.8, 4) is 0 Å². The zero-order valence-electron chi connectivity index (χ0n) is 5.94. The second kappa shape index (κ2) is 16.2. The summed E-state index contributed by atoms with van der Waals surface area (Å²) in [5.74, 6) is 0. The molecule has 0 atom stereocenters. The Morgan fingerprint density at radius 3 is 2.00 bits per heavy atom. The van der Waals surface area contributed by atoms with Crippen LogP contribution < -0.4 is 10.6 Å². The Labute approximate surface area is 91.6 Å². The predicted molar refractivity (Wildman–Crippen MR) is 63.3 cm³/mol. The van der Waals surface area contributed by atoms with Crippen molar-refractivity contribution in [1.82, 2.24) is 10.6 Å². The topological polar surface area (TPSA) is 24.1 Å². The zero-order chi connectivity index (χ0) is 5.54. The Morgan fingerprint density at radius 1 is 1.11 bits per heavy atom. The van der Waals surface area contributed by atoms with Crippen LogP contribution in [0.25, 0.3) is 0 Å². The van der Waals surface area contributed by atoms with Crippen LogP contribution >= 0.6 is 48.0 Å². The Kier molecular flexibility index (Phi) is 30.2. The van der Waals surface area contributed by atoms with Crippen LogP contribution in [0.1, 0.15) is 6.92 Å². The van der Waals surface area contributed by atoms with Gasteiger partial charge in [-0.05, 0) is 13.6 Å². The minimum atomic E-state index is 0. The van der Waals surface area contributed by atoms with Crippen LogP contribution in [0.4, 0.5) is 0 Å². The second-order valence-electron chi connectivity index (χ2n) is 1.46. The first-order valence-corrected chi connectivity index (χ1v) is 2.77. The van der Waals surface area contributed by atoms with E-state index < -0.39 is 0 Å². The van der Waals surface area contributed by atoms with Gasteiger partial charge in [-0.1, -0.05) is 6.92 Å². The highest BCUT2D eigenvalue weighted by Gasteiger charge is 1.75. The van der Waals surface area contributed by atoms with Gasteiger partial charge in [0, 0.05) is 13.1 Å². The van der Waals surface area contributed by atoms with Gasteiger partial charge in [-0.3, -0.25) is 0 Å². The summed E-state index contributed by atoms with van der Waals surface area (Å²) in [5, 5.41) is 6.23.